The standard InChI is InChI=1S/C17H22N4OS/c22-15(13-6-2-1-3-7-13)12-23-17-19-18-16(20-10-4-5-11-20)21(17)14-8-9-14/h1-3,6-7,14-15,22H,4-5,8-12H2. The molecule has 0 radical (unpaired) electrons. The Bertz CT molecular complexity index is 650. The summed E-state index contributed by atoms with van der Waals surface area (Å²) >= 11 is 1.61. The van der Waals surface area contributed by atoms with Crippen LogP contribution in [0.5, 0.6) is 0 Å². The second kappa shape index (κ2) is 6.53. The van der Waals surface area contributed by atoms with Gasteiger partial charge in [0.1, 0.15) is 0 Å². The molecule has 1 aromatic carbocycles. The Morgan fingerprint density at radius 1 is 1.13 bits per heavy atom. The summed E-state index contributed by atoms with van der Waals surface area (Å²) in [6.07, 6.45) is 4.45. The lowest BCUT2D eigenvalue weighted by molar-refractivity contribution is 0.204. The van der Waals surface area contributed by atoms with E-state index in [9.17, 15) is 5.11 Å². The molecule has 4 rings (SSSR count). The first kappa shape index (κ1) is 15.0. The monoisotopic (exact) mass is 330 g/mol. The fourth-order valence-corrected chi connectivity index (χ4v) is 4.05. The van der Waals surface area contributed by atoms with E-state index in [1.165, 1.54) is 25.7 Å². The lowest BCUT2D eigenvalue weighted by Gasteiger charge is -2.18. The molecule has 23 heavy (non-hydrogen) atoms. The highest BCUT2D eigenvalue weighted by Gasteiger charge is 2.32. The molecule has 1 atom stereocenters. The number of hydrogen-bond donors (Lipinski definition) is 1. The summed E-state index contributed by atoms with van der Waals surface area (Å²) < 4.78 is 2.30. The van der Waals surface area contributed by atoms with E-state index in [-0.39, 0.29) is 0 Å². The summed E-state index contributed by atoms with van der Waals surface area (Å²) in [5, 5.41) is 20.2. The van der Waals surface area contributed by atoms with Crippen LogP contribution in [0, 0.1) is 0 Å². The smallest absolute Gasteiger partial charge is 0.228 e. The van der Waals surface area contributed by atoms with Gasteiger partial charge in [0, 0.05) is 24.9 Å². The summed E-state index contributed by atoms with van der Waals surface area (Å²) in [6.45, 7) is 2.17. The van der Waals surface area contributed by atoms with E-state index in [4.69, 9.17) is 0 Å². The number of anilines is 1. The fraction of sp³-hybridized carbons (Fsp3) is 0.529. The van der Waals surface area contributed by atoms with Gasteiger partial charge >= 0.3 is 0 Å². The van der Waals surface area contributed by atoms with Crippen LogP contribution in [0.4, 0.5) is 5.95 Å². The Hall–Kier alpha value is -1.53. The van der Waals surface area contributed by atoms with Crippen molar-refractivity contribution in [3.8, 4) is 0 Å². The third-order valence-electron chi connectivity index (χ3n) is 4.50. The number of nitrogens with zero attached hydrogens (tertiary/aromatic N) is 4. The summed E-state index contributed by atoms with van der Waals surface area (Å²) in [5.74, 6) is 1.64. The van der Waals surface area contributed by atoms with Gasteiger partial charge in [-0.1, -0.05) is 42.1 Å². The van der Waals surface area contributed by atoms with Crippen LogP contribution >= 0.6 is 11.8 Å². The largest absolute Gasteiger partial charge is 0.388 e. The van der Waals surface area contributed by atoms with Crippen LogP contribution in [0.1, 0.15) is 43.4 Å². The molecule has 2 heterocycles. The average Bonchev–Trinajstić information content (AvgIpc) is 3.12. The van der Waals surface area contributed by atoms with Crippen LogP contribution in [0.15, 0.2) is 35.5 Å². The molecule has 1 saturated carbocycles. The molecule has 0 amide bonds. The highest BCUT2D eigenvalue weighted by Crippen LogP contribution is 2.41. The topological polar surface area (TPSA) is 54.2 Å². The van der Waals surface area contributed by atoms with E-state index < -0.39 is 6.10 Å². The van der Waals surface area contributed by atoms with Gasteiger partial charge in [-0.2, -0.15) is 0 Å². The molecule has 0 spiro atoms. The van der Waals surface area contributed by atoms with E-state index in [1.54, 1.807) is 11.8 Å². The van der Waals surface area contributed by atoms with Crippen molar-refractivity contribution in [3.63, 3.8) is 0 Å². The minimum atomic E-state index is -0.471. The predicted molar refractivity (Wildman–Crippen MR) is 91.9 cm³/mol. The molecule has 5 nitrogen and oxygen atoms in total. The summed E-state index contributed by atoms with van der Waals surface area (Å²) in [5.41, 5.74) is 0.956. The van der Waals surface area contributed by atoms with Crippen molar-refractivity contribution in [1.29, 1.82) is 0 Å². The zero-order valence-electron chi connectivity index (χ0n) is 13.1. The third-order valence-corrected chi connectivity index (χ3v) is 5.52. The van der Waals surface area contributed by atoms with Crippen molar-refractivity contribution in [2.24, 2.45) is 0 Å². The van der Waals surface area contributed by atoms with Crippen LogP contribution in [0.25, 0.3) is 0 Å². The van der Waals surface area contributed by atoms with Crippen molar-refractivity contribution in [3.05, 3.63) is 35.9 Å². The average molecular weight is 330 g/mol. The summed E-state index contributed by atoms with van der Waals surface area (Å²) in [6, 6.07) is 10.4. The zero-order chi connectivity index (χ0) is 15.6. The maximum absolute atomic E-state index is 10.4. The quantitative estimate of drug-likeness (QED) is 0.825. The van der Waals surface area contributed by atoms with Gasteiger partial charge in [-0.05, 0) is 31.2 Å². The number of hydrogen-bond acceptors (Lipinski definition) is 5. The molecular weight excluding hydrogens is 308 g/mol. The van der Waals surface area contributed by atoms with Crippen LogP contribution in [0.3, 0.4) is 0 Å². The number of rotatable bonds is 6. The van der Waals surface area contributed by atoms with Gasteiger partial charge in [-0.15, -0.1) is 10.2 Å². The molecule has 6 heteroatoms. The zero-order valence-corrected chi connectivity index (χ0v) is 14.0. The second-order valence-corrected chi connectivity index (χ2v) is 7.30. The summed E-state index contributed by atoms with van der Waals surface area (Å²) in [4.78, 5) is 2.35. The molecule has 1 aliphatic heterocycles. The maximum Gasteiger partial charge on any atom is 0.228 e. The highest BCUT2D eigenvalue weighted by atomic mass is 32.2. The van der Waals surface area contributed by atoms with Gasteiger partial charge in [0.05, 0.1) is 6.10 Å². The van der Waals surface area contributed by atoms with Gasteiger partial charge in [0.25, 0.3) is 0 Å². The molecule has 1 aromatic heterocycles. The van der Waals surface area contributed by atoms with Gasteiger partial charge in [0.15, 0.2) is 5.16 Å². The minimum absolute atomic E-state index is 0.471. The van der Waals surface area contributed by atoms with Crippen molar-refractivity contribution in [2.75, 3.05) is 23.7 Å². The van der Waals surface area contributed by atoms with Gasteiger partial charge in [-0.25, -0.2) is 0 Å². The van der Waals surface area contributed by atoms with Crippen LogP contribution < -0.4 is 4.90 Å². The van der Waals surface area contributed by atoms with Crippen LogP contribution in [-0.2, 0) is 0 Å². The Kier molecular flexibility index (Phi) is 4.27. The van der Waals surface area contributed by atoms with Crippen molar-refractivity contribution >= 4 is 17.7 Å². The Balaban J connectivity index is 1.48. The Labute approximate surface area is 140 Å². The van der Waals surface area contributed by atoms with E-state index in [2.05, 4.69) is 19.7 Å². The fourth-order valence-electron chi connectivity index (χ4n) is 3.08. The van der Waals surface area contributed by atoms with Crippen LogP contribution in [-0.4, -0.2) is 38.7 Å². The normalized spacial score (nSPS) is 19.3. The van der Waals surface area contributed by atoms with E-state index in [0.717, 1.165) is 29.8 Å². The molecule has 2 aromatic rings. The molecule has 2 fully saturated rings. The molecule has 1 aliphatic carbocycles. The van der Waals surface area contributed by atoms with E-state index in [0.29, 0.717) is 11.8 Å². The number of benzene rings is 1. The molecule has 0 bridgehead atoms. The van der Waals surface area contributed by atoms with Gasteiger partial charge in [-0.3, -0.25) is 4.57 Å². The lowest BCUT2D eigenvalue weighted by Crippen LogP contribution is -2.22. The number of aliphatic hydroxyl groups excluding tert-OH is 1. The van der Waals surface area contributed by atoms with Crippen molar-refractivity contribution in [2.45, 2.75) is 43.0 Å². The van der Waals surface area contributed by atoms with Crippen LogP contribution in [0.2, 0.25) is 0 Å². The molecular formula is C17H22N4OS. The first-order chi connectivity index (χ1) is 11.3. The van der Waals surface area contributed by atoms with E-state index in [1.807, 2.05) is 30.3 Å². The molecule has 1 unspecified atom stereocenters. The lowest BCUT2D eigenvalue weighted by atomic mass is 10.1. The molecule has 1 saturated heterocycles. The number of aliphatic hydroxyl groups is 1. The summed E-state index contributed by atoms with van der Waals surface area (Å²) in [7, 11) is 0. The molecule has 1 N–H and O–H groups in total. The maximum atomic E-state index is 10.4. The Morgan fingerprint density at radius 3 is 2.57 bits per heavy atom. The van der Waals surface area contributed by atoms with Gasteiger partial charge in [0.2, 0.25) is 5.95 Å². The van der Waals surface area contributed by atoms with E-state index >= 15 is 0 Å². The third kappa shape index (κ3) is 3.23. The van der Waals surface area contributed by atoms with Gasteiger partial charge < -0.3 is 10.0 Å². The SMILES string of the molecule is OC(CSc1nnc(N2CCCC2)n1C1CC1)c1ccccc1. The van der Waals surface area contributed by atoms with Crippen molar-refractivity contribution in [1.82, 2.24) is 14.8 Å². The highest BCUT2D eigenvalue weighted by molar-refractivity contribution is 7.99. The first-order valence-electron chi connectivity index (χ1n) is 8.38. The number of aromatic nitrogens is 3. The molecule has 122 valence electrons. The first-order valence-corrected chi connectivity index (χ1v) is 9.37. The second-order valence-electron chi connectivity index (χ2n) is 6.32. The Morgan fingerprint density at radius 2 is 1.87 bits per heavy atom. The number of thioether (sulfide) groups is 1. The van der Waals surface area contributed by atoms with Crippen molar-refractivity contribution < 1.29 is 5.11 Å². The molecule has 2 aliphatic rings. The predicted octanol–water partition coefficient (Wildman–Crippen LogP) is 3.04. The minimum Gasteiger partial charge on any atom is -0.388 e.